The zero-order chi connectivity index (χ0) is 13.5. The van der Waals surface area contributed by atoms with Crippen molar-refractivity contribution < 1.29 is 10.0 Å². The number of oxime groups is 1. The molecule has 0 atom stereocenters. The lowest BCUT2D eigenvalue weighted by molar-refractivity contribution is -0.138. The van der Waals surface area contributed by atoms with Gasteiger partial charge in [0.25, 0.3) is 0 Å². The molecule has 100 valence electrons. The summed E-state index contributed by atoms with van der Waals surface area (Å²) in [7, 11) is 0. The standard InChI is InChI=1S/C12H25N3O2/c1-5-9-15(8-4)11(16)12(6-2,7-3)10(13)14-17/h17H,5-9H2,1-4H3,(H2,13,14). The number of amidine groups is 1. The van der Waals surface area contributed by atoms with E-state index in [0.717, 1.165) is 6.42 Å². The van der Waals surface area contributed by atoms with Gasteiger partial charge in [0.1, 0.15) is 5.41 Å². The van der Waals surface area contributed by atoms with E-state index in [-0.39, 0.29) is 11.7 Å². The van der Waals surface area contributed by atoms with Crippen LogP contribution in [0.4, 0.5) is 0 Å². The van der Waals surface area contributed by atoms with Gasteiger partial charge in [0.05, 0.1) is 0 Å². The highest BCUT2D eigenvalue weighted by Crippen LogP contribution is 2.29. The van der Waals surface area contributed by atoms with E-state index in [9.17, 15) is 4.79 Å². The highest BCUT2D eigenvalue weighted by molar-refractivity contribution is 6.06. The van der Waals surface area contributed by atoms with Crippen LogP contribution in [-0.2, 0) is 4.79 Å². The minimum Gasteiger partial charge on any atom is -0.409 e. The van der Waals surface area contributed by atoms with Crippen molar-refractivity contribution in [3.05, 3.63) is 0 Å². The molecule has 0 unspecified atom stereocenters. The summed E-state index contributed by atoms with van der Waals surface area (Å²) in [6, 6.07) is 0. The monoisotopic (exact) mass is 243 g/mol. The first-order chi connectivity index (χ1) is 8.03. The third-order valence-electron chi connectivity index (χ3n) is 3.38. The van der Waals surface area contributed by atoms with Crippen molar-refractivity contribution in [1.82, 2.24) is 4.90 Å². The van der Waals surface area contributed by atoms with E-state index in [1.54, 1.807) is 4.90 Å². The summed E-state index contributed by atoms with van der Waals surface area (Å²) in [5.74, 6) is -0.0239. The van der Waals surface area contributed by atoms with E-state index < -0.39 is 5.41 Å². The lowest BCUT2D eigenvalue weighted by Gasteiger charge is -2.34. The van der Waals surface area contributed by atoms with Crippen LogP contribution in [0.15, 0.2) is 5.16 Å². The number of amides is 1. The Morgan fingerprint density at radius 3 is 2.12 bits per heavy atom. The number of nitrogens with zero attached hydrogens (tertiary/aromatic N) is 2. The summed E-state index contributed by atoms with van der Waals surface area (Å²) >= 11 is 0. The Bertz CT molecular complexity index is 273. The maximum absolute atomic E-state index is 12.5. The SMILES string of the molecule is CCCN(CC)C(=O)C(CC)(CC)C(N)=NO. The molecule has 5 nitrogen and oxygen atoms in total. The van der Waals surface area contributed by atoms with Gasteiger partial charge in [0.15, 0.2) is 5.84 Å². The molecule has 0 fully saturated rings. The van der Waals surface area contributed by atoms with E-state index >= 15 is 0 Å². The first-order valence-electron chi connectivity index (χ1n) is 6.31. The molecule has 0 aromatic rings. The van der Waals surface area contributed by atoms with Crippen molar-refractivity contribution in [3.63, 3.8) is 0 Å². The average molecular weight is 243 g/mol. The molecule has 0 aliphatic heterocycles. The Kier molecular flexibility index (Phi) is 6.61. The Labute approximate surface area is 104 Å². The average Bonchev–Trinajstić information content (AvgIpc) is 2.37. The van der Waals surface area contributed by atoms with Crippen molar-refractivity contribution in [2.45, 2.75) is 47.0 Å². The van der Waals surface area contributed by atoms with Crippen molar-refractivity contribution in [2.75, 3.05) is 13.1 Å². The predicted molar refractivity (Wildman–Crippen MR) is 69.0 cm³/mol. The second-order valence-corrected chi connectivity index (χ2v) is 4.16. The zero-order valence-electron chi connectivity index (χ0n) is 11.4. The Morgan fingerprint density at radius 2 is 1.82 bits per heavy atom. The van der Waals surface area contributed by atoms with Crippen LogP contribution >= 0.6 is 0 Å². The molecule has 5 heteroatoms. The van der Waals surface area contributed by atoms with Gasteiger partial charge >= 0.3 is 0 Å². The van der Waals surface area contributed by atoms with Gasteiger partial charge in [0.2, 0.25) is 5.91 Å². The third kappa shape index (κ3) is 3.11. The number of carbonyl (C=O) groups excluding carboxylic acids is 1. The molecule has 0 aliphatic rings. The predicted octanol–water partition coefficient (Wildman–Crippen LogP) is 1.80. The second-order valence-electron chi connectivity index (χ2n) is 4.16. The van der Waals surface area contributed by atoms with Crippen molar-refractivity contribution >= 4 is 11.7 Å². The summed E-state index contributed by atoms with van der Waals surface area (Å²) in [6.45, 7) is 9.09. The number of nitrogens with two attached hydrogens (primary N) is 1. The number of hydrogen-bond acceptors (Lipinski definition) is 3. The molecule has 0 saturated carbocycles. The van der Waals surface area contributed by atoms with Crippen molar-refractivity contribution in [1.29, 1.82) is 0 Å². The van der Waals surface area contributed by atoms with Crippen LogP contribution in [0.25, 0.3) is 0 Å². The molecule has 0 rings (SSSR count). The summed E-state index contributed by atoms with van der Waals surface area (Å²) in [5, 5.41) is 11.9. The molecule has 17 heavy (non-hydrogen) atoms. The van der Waals surface area contributed by atoms with Crippen LogP contribution < -0.4 is 5.73 Å². The molecule has 0 radical (unpaired) electrons. The molecule has 0 bridgehead atoms. The van der Waals surface area contributed by atoms with E-state index in [1.807, 2.05) is 27.7 Å². The Morgan fingerprint density at radius 1 is 1.29 bits per heavy atom. The lowest BCUT2D eigenvalue weighted by Crippen LogP contribution is -2.51. The Balaban J connectivity index is 5.25. The second kappa shape index (κ2) is 7.14. The largest absolute Gasteiger partial charge is 0.409 e. The van der Waals surface area contributed by atoms with Crippen molar-refractivity contribution in [3.8, 4) is 0 Å². The van der Waals surface area contributed by atoms with Gasteiger partial charge in [-0.2, -0.15) is 0 Å². The molecular formula is C12H25N3O2. The van der Waals surface area contributed by atoms with E-state index in [0.29, 0.717) is 25.9 Å². The van der Waals surface area contributed by atoms with E-state index in [4.69, 9.17) is 10.9 Å². The quantitative estimate of drug-likeness (QED) is 0.310. The van der Waals surface area contributed by atoms with Crippen LogP contribution in [0.1, 0.15) is 47.0 Å². The molecule has 0 heterocycles. The van der Waals surface area contributed by atoms with Crippen LogP contribution in [0.2, 0.25) is 0 Å². The maximum Gasteiger partial charge on any atom is 0.236 e. The number of rotatable bonds is 7. The first kappa shape index (κ1) is 15.7. The van der Waals surface area contributed by atoms with Gasteiger partial charge in [-0.25, -0.2) is 0 Å². The summed E-state index contributed by atoms with van der Waals surface area (Å²) in [6.07, 6.45) is 1.98. The van der Waals surface area contributed by atoms with Gasteiger partial charge in [-0.1, -0.05) is 25.9 Å². The normalized spacial score (nSPS) is 12.6. The summed E-state index contributed by atoms with van der Waals surface area (Å²) in [4.78, 5) is 14.3. The fourth-order valence-electron chi connectivity index (χ4n) is 2.10. The molecule has 0 aliphatic carbocycles. The highest BCUT2D eigenvalue weighted by Gasteiger charge is 2.41. The number of carbonyl (C=O) groups is 1. The smallest absolute Gasteiger partial charge is 0.236 e. The molecular weight excluding hydrogens is 218 g/mol. The van der Waals surface area contributed by atoms with Crippen LogP contribution in [0, 0.1) is 5.41 Å². The van der Waals surface area contributed by atoms with Gasteiger partial charge in [0, 0.05) is 13.1 Å². The maximum atomic E-state index is 12.5. The third-order valence-corrected chi connectivity index (χ3v) is 3.38. The molecule has 0 saturated heterocycles. The topological polar surface area (TPSA) is 78.9 Å². The summed E-state index contributed by atoms with van der Waals surface area (Å²) < 4.78 is 0. The summed E-state index contributed by atoms with van der Waals surface area (Å²) in [5.41, 5.74) is 4.85. The minimum absolute atomic E-state index is 0.0158. The zero-order valence-corrected chi connectivity index (χ0v) is 11.4. The number of hydrogen-bond donors (Lipinski definition) is 2. The van der Waals surface area contributed by atoms with Crippen LogP contribution in [-0.4, -0.2) is 34.9 Å². The molecule has 1 amide bonds. The highest BCUT2D eigenvalue weighted by atomic mass is 16.4. The van der Waals surface area contributed by atoms with Gasteiger partial charge < -0.3 is 15.8 Å². The van der Waals surface area contributed by atoms with Crippen LogP contribution in [0.5, 0.6) is 0 Å². The fraction of sp³-hybridized carbons (Fsp3) is 0.833. The first-order valence-corrected chi connectivity index (χ1v) is 6.31. The Hall–Kier alpha value is -1.26. The molecule has 0 spiro atoms. The lowest BCUT2D eigenvalue weighted by atomic mass is 9.79. The molecule has 0 aromatic heterocycles. The molecule has 0 aromatic carbocycles. The minimum atomic E-state index is -0.861. The van der Waals surface area contributed by atoms with Crippen molar-refractivity contribution in [2.24, 2.45) is 16.3 Å². The van der Waals surface area contributed by atoms with E-state index in [2.05, 4.69) is 5.16 Å². The van der Waals surface area contributed by atoms with E-state index in [1.165, 1.54) is 0 Å². The fourth-order valence-corrected chi connectivity index (χ4v) is 2.10. The van der Waals surface area contributed by atoms with Gasteiger partial charge in [-0.05, 0) is 26.2 Å². The van der Waals surface area contributed by atoms with Gasteiger partial charge in [-0.15, -0.1) is 0 Å². The van der Waals surface area contributed by atoms with Gasteiger partial charge in [-0.3, -0.25) is 4.79 Å². The molecule has 3 N–H and O–H groups in total. The van der Waals surface area contributed by atoms with Crippen LogP contribution in [0.3, 0.4) is 0 Å².